The minimum Gasteiger partial charge on any atom is -0.314 e. The molecule has 0 amide bonds. The summed E-state index contributed by atoms with van der Waals surface area (Å²) in [6, 6.07) is 13.0. The third kappa shape index (κ3) is 2.30. The van der Waals surface area contributed by atoms with Crippen molar-refractivity contribution in [1.29, 1.82) is 0 Å². The topological polar surface area (TPSA) is 33.1 Å². The summed E-state index contributed by atoms with van der Waals surface area (Å²) in [6.07, 6.45) is 2.03. The standard InChI is InChI=1S/C14H18N4/c1-17(14-9-15-10-14)11-12-7-8-18(16-12)13-5-3-2-4-6-13/h2-8,14-15H,9-11H2,1H3. The lowest BCUT2D eigenvalue weighted by Crippen LogP contribution is -2.55. The summed E-state index contributed by atoms with van der Waals surface area (Å²) >= 11 is 0. The van der Waals surface area contributed by atoms with Crippen molar-refractivity contribution < 1.29 is 0 Å². The van der Waals surface area contributed by atoms with Crippen LogP contribution in [0.5, 0.6) is 0 Å². The SMILES string of the molecule is CN(Cc1ccn(-c2ccccc2)n1)C1CNC1. The number of nitrogens with zero attached hydrogens (tertiary/aromatic N) is 3. The average molecular weight is 242 g/mol. The first-order valence-corrected chi connectivity index (χ1v) is 6.34. The van der Waals surface area contributed by atoms with Gasteiger partial charge < -0.3 is 5.32 Å². The third-order valence-electron chi connectivity index (χ3n) is 3.46. The van der Waals surface area contributed by atoms with E-state index in [4.69, 9.17) is 0 Å². The quantitative estimate of drug-likeness (QED) is 0.876. The molecule has 0 aliphatic carbocycles. The molecule has 1 aliphatic rings. The normalized spacial score (nSPS) is 15.9. The number of hydrogen-bond acceptors (Lipinski definition) is 3. The molecule has 18 heavy (non-hydrogen) atoms. The molecule has 0 saturated carbocycles. The van der Waals surface area contributed by atoms with Gasteiger partial charge in [-0.05, 0) is 25.2 Å². The van der Waals surface area contributed by atoms with Crippen molar-refractivity contribution >= 4 is 0 Å². The van der Waals surface area contributed by atoms with Gasteiger partial charge in [0.1, 0.15) is 0 Å². The summed E-state index contributed by atoms with van der Waals surface area (Å²) in [7, 11) is 2.16. The van der Waals surface area contributed by atoms with Crippen LogP contribution in [0.15, 0.2) is 42.6 Å². The summed E-state index contributed by atoms with van der Waals surface area (Å²) in [5.74, 6) is 0. The van der Waals surface area contributed by atoms with Gasteiger partial charge in [-0.3, -0.25) is 4.90 Å². The first kappa shape index (κ1) is 11.4. The van der Waals surface area contributed by atoms with E-state index in [0.29, 0.717) is 6.04 Å². The second-order valence-electron chi connectivity index (χ2n) is 4.81. The van der Waals surface area contributed by atoms with E-state index >= 15 is 0 Å². The van der Waals surface area contributed by atoms with E-state index in [1.54, 1.807) is 0 Å². The minimum atomic E-state index is 0.659. The van der Waals surface area contributed by atoms with Gasteiger partial charge >= 0.3 is 0 Å². The van der Waals surface area contributed by atoms with Crippen LogP contribution in [0.3, 0.4) is 0 Å². The Morgan fingerprint density at radius 1 is 1.28 bits per heavy atom. The van der Waals surface area contributed by atoms with Gasteiger partial charge in [-0.15, -0.1) is 0 Å². The lowest BCUT2D eigenvalue weighted by atomic mass is 10.1. The first-order valence-electron chi connectivity index (χ1n) is 6.34. The van der Waals surface area contributed by atoms with Gasteiger partial charge in [-0.2, -0.15) is 5.10 Å². The van der Waals surface area contributed by atoms with E-state index in [1.165, 1.54) is 0 Å². The molecule has 1 aliphatic heterocycles. The number of aromatic nitrogens is 2. The Bertz CT molecular complexity index is 502. The number of para-hydroxylation sites is 1. The summed E-state index contributed by atoms with van der Waals surface area (Å²) in [5, 5.41) is 7.91. The van der Waals surface area contributed by atoms with Crippen LogP contribution in [0.1, 0.15) is 5.69 Å². The number of hydrogen-bond donors (Lipinski definition) is 1. The lowest BCUT2D eigenvalue weighted by molar-refractivity contribution is 0.171. The van der Waals surface area contributed by atoms with Gasteiger partial charge in [0.05, 0.1) is 11.4 Å². The largest absolute Gasteiger partial charge is 0.314 e. The molecule has 1 aromatic heterocycles. The number of likely N-dealkylation sites (N-methyl/N-ethyl adjacent to an activating group) is 1. The second-order valence-corrected chi connectivity index (χ2v) is 4.81. The van der Waals surface area contributed by atoms with Crippen molar-refractivity contribution in [2.24, 2.45) is 0 Å². The fourth-order valence-corrected chi connectivity index (χ4v) is 2.14. The highest BCUT2D eigenvalue weighted by Gasteiger charge is 2.21. The maximum absolute atomic E-state index is 4.62. The Hall–Kier alpha value is -1.65. The van der Waals surface area contributed by atoms with Crippen molar-refractivity contribution in [3.05, 3.63) is 48.3 Å². The highest BCUT2D eigenvalue weighted by atomic mass is 15.3. The Morgan fingerprint density at radius 2 is 2.06 bits per heavy atom. The van der Waals surface area contributed by atoms with Crippen LogP contribution in [0, 0.1) is 0 Å². The molecule has 2 heterocycles. The van der Waals surface area contributed by atoms with Crippen molar-refractivity contribution in [2.75, 3.05) is 20.1 Å². The molecule has 1 saturated heterocycles. The summed E-state index contributed by atoms with van der Waals surface area (Å²) in [5.41, 5.74) is 2.23. The Morgan fingerprint density at radius 3 is 2.72 bits per heavy atom. The molecule has 94 valence electrons. The molecule has 0 radical (unpaired) electrons. The number of benzene rings is 1. The number of rotatable bonds is 4. The van der Waals surface area contributed by atoms with Crippen LogP contribution in [0.25, 0.3) is 5.69 Å². The van der Waals surface area contributed by atoms with E-state index < -0.39 is 0 Å². The summed E-state index contributed by atoms with van der Waals surface area (Å²) < 4.78 is 1.93. The van der Waals surface area contributed by atoms with E-state index in [9.17, 15) is 0 Å². The average Bonchev–Trinajstić information content (AvgIpc) is 2.76. The maximum Gasteiger partial charge on any atom is 0.0769 e. The predicted octanol–water partition coefficient (Wildman–Crippen LogP) is 1.28. The molecule has 4 nitrogen and oxygen atoms in total. The van der Waals surface area contributed by atoms with Gasteiger partial charge in [0.2, 0.25) is 0 Å². The van der Waals surface area contributed by atoms with Crippen LogP contribution < -0.4 is 5.32 Å². The zero-order chi connectivity index (χ0) is 12.4. The first-order chi connectivity index (χ1) is 8.83. The van der Waals surface area contributed by atoms with Crippen LogP contribution in [0.2, 0.25) is 0 Å². The molecule has 3 rings (SSSR count). The molecule has 1 N–H and O–H groups in total. The Kier molecular flexibility index (Phi) is 3.13. The molecular formula is C14H18N4. The zero-order valence-electron chi connectivity index (χ0n) is 10.6. The molecular weight excluding hydrogens is 224 g/mol. The third-order valence-corrected chi connectivity index (χ3v) is 3.46. The summed E-state index contributed by atoms with van der Waals surface area (Å²) in [4.78, 5) is 2.36. The van der Waals surface area contributed by atoms with Crippen LogP contribution in [-0.2, 0) is 6.54 Å². The van der Waals surface area contributed by atoms with Crippen LogP contribution in [-0.4, -0.2) is 40.9 Å². The molecule has 1 fully saturated rings. The van der Waals surface area contributed by atoms with Crippen molar-refractivity contribution in [2.45, 2.75) is 12.6 Å². The molecule has 0 unspecified atom stereocenters. The molecule has 0 spiro atoms. The molecule has 1 aromatic carbocycles. The summed E-state index contributed by atoms with van der Waals surface area (Å²) in [6.45, 7) is 3.10. The van der Waals surface area contributed by atoms with E-state index in [0.717, 1.165) is 31.0 Å². The molecule has 2 aromatic rings. The predicted molar refractivity (Wildman–Crippen MR) is 71.7 cm³/mol. The second kappa shape index (κ2) is 4.92. The smallest absolute Gasteiger partial charge is 0.0769 e. The molecule has 0 bridgehead atoms. The van der Waals surface area contributed by atoms with Crippen molar-refractivity contribution in [3.8, 4) is 5.69 Å². The van der Waals surface area contributed by atoms with Gasteiger partial charge in [0.15, 0.2) is 0 Å². The van der Waals surface area contributed by atoms with E-state index in [1.807, 2.05) is 29.1 Å². The Balaban J connectivity index is 1.69. The van der Waals surface area contributed by atoms with Gasteiger partial charge in [0.25, 0.3) is 0 Å². The van der Waals surface area contributed by atoms with Crippen molar-refractivity contribution in [3.63, 3.8) is 0 Å². The van der Waals surface area contributed by atoms with Crippen molar-refractivity contribution in [1.82, 2.24) is 20.0 Å². The minimum absolute atomic E-state index is 0.659. The van der Waals surface area contributed by atoms with Gasteiger partial charge in [-0.1, -0.05) is 18.2 Å². The monoisotopic (exact) mass is 242 g/mol. The lowest BCUT2D eigenvalue weighted by Gasteiger charge is -2.35. The van der Waals surface area contributed by atoms with Gasteiger partial charge in [0, 0.05) is 31.9 Å². The zero-order valence-corrected chi connectivity index (χ0v) is 10.6. The van der Waals surface area contributed by atoms with E-state index in [2.05, 4.69) is 40.6 Å². The Labute approximate surface area is 107 Å². The molecule has 4 heteroatoms. The maximum atomic E-state index is 4.62. The molecule has 0 atom stereocenters. The van der Waals surface area contributed by atoms with E-state index in [-0.39, 0.29) is 0 Å². The van der Waals surface area contributed by atoms with Crippen LogP contribution >= 0.6 is 0 Å². The van der Waals surface area contributed by atoms with Crippen LogP contribution in [0.4, 0.5) is 0 Å². The fourth-order valence-electron chi connectivity index (χ4n) is 2.14. The fraction of sp³-hybridized carbons (Fsp3) is 0.357. The number of nitrogens with one attached hydrogen (secondary N) is 1. The van der Waals surface area contributed by atoms with Gasteiger partial charge in [-0.25, -0.2) is 4.68 Å². The highest BCUT2D eigenvalue weighted by molar-refractivity contribution is 5.30. The highest BCUT2D eigenvalue weighted by Crippen LogP contribution is 2.10.